The molecule has 0 unspecified atom stereocenters. The Balaban J connectivity index is 1.50. The molecule has 0 radical (unpaired) electrons. The summed E-state index contributed by atoms with van der Waals surface area (Å²) in [6, 6.07) is 52.7. The highest BCUT2D eigenvalue weighted by atomic mass is 28.4. The number of anilines is 2. The largest absolute Gasteiger partial charge is 0.724 e. The van der Waals surface area contributed by atoms with E-state index in [0.29, 0.717) is 36.1 Å². The van der Waals surface area contributed by atoms with Gasteiger partial charge in [-0.3, -0.25) is 9.98 Å². The summed E-state index contributed by atoms with van der Waals surface area (Å²) in [4.78, 5) is 9.59. The molecule has 0 atom stereocenters. The molecule has 6 aromatic rings. The van der Waals surface area contributed by atoms with Crippen LogP contribution in [0.4, 0.5) is 11.4 Å². The van der Waals surface area contributed by atoms with Crippen LogP contribution in [0.1, 0.15) is 22.3 Å². The van der Waals surface area contributed by atoms with Crippen molar-refractivity contribution in [3.63, 3.8) is 0 Å². The topological polar surface area (TPSA) is 68.1 Å². The van der Waals surface area contributed by atoms with Gasteiger partial charge in [-0.15, -0.1) is 0 Å². The maximum atomic E-state index is 7.65. The molecule has 0 aliphatic carbocycles. The van der Waals surface area contributed by atoms with Gasteiger partial charge >= 0.3 is 8.88 Å². The number of methoxy groups -OCH3 is 2. The molecule has 6 aromatic carbocycles. The van der Waals surface area contributed by atoms with Crippen LogP contribution in [-0.4, -0.2) is 61.7 Å². The van der Waals surface area contributed by atoms with E-state index in [4.69, 9.17) is 28.3 Å². The van der Waals surface area contributed by atoms with Gasteiger partial charge in [0.1, 0.15) is 23.0 Å². The van der Waals surface area contributed by atoms with Crippen molar-refractivity contribution >= 4 is 31.7 Å². The highest BCUT2D eigenvalue weighted by Gasteiger charge is 2.63. The van der Waals surface area contributed by atoms with E-state index in [9.17, 15) is 0 Å². The number of hydrogen-bond donors (Lipinski definition) is 0. The lowest BCUT2D eigenvalue weighted by molar-refractivity contribution is 0.371. The number of rotatable bonds is 12. The van der Waals surface area contributed by atoms with E-state index >= 15 is 0 Å². The maximum absolute atomic E-state index is 7.65. The molecular weight excluding hydrogens is 677 g/mol. The van der Waals surface area contributed by atoms with Gasteiger partial charge in [-0.2, -0.15) is 0 Å². The van der Waals surface area contributed by atoms with Crippen LogP contribution in [-0.2, 0) is 0 Å². The van der Waals surface area contributed by atoms with Crippen molar-refractivity contribution in [2.45, 2.75) is 0 Å². The molecule has 1 aliphatic rings. The Labute approximate surface area is 312 Å². The average Bonchev–Trinajstić information content (AvgIpc) is 3.58. The van der Waals surface area contributed by atoms with Crippen molar-refractivity contribution in [2.75, 3.05) is 50.5 Å². The van der Waals surface area contributed by atoms with Gasteiger partial charge in [0.15, 0.2) is 0 Å². The van der Waals surface area contributed by atoms with Crippen molar-refractivity contribution in [3.8, 4) is 23.0 Å². The summed E-state index contributed by atoms with van der Waals surface area (Å²) in [5.74, 6) is 2.47. The zero-order chi connectivity index (χ0) is 36.6. The fourth-order valence-electron chi connectivity index (χ4n) is 6.78. The first-order chi connectivity index (χ1) is 26.1. The van der Waals surface area contributed by atoms with Crippen LogP contribution < -0.4 is 27.5 Å². The standard InChI is InChI=1S/C44H42N4O4Si/c1-45-43(33-17-9-5-10-18-33)39-27-25-37(49-3)31-41(39)51-53(47(35-21-13-7-14-22-35)29-30-48(53)36-23-15-8-16-24-36)52-42-32-38(50-4)26-28-40(42)44(46-2)34-19-11-6-12-20-34/h5-28,31-32H,29-30H2,1-4H3. The molecule has 0 N–H and O–H groups in total. The van der Waals surface area contributed by atoms with Crippen LogP contribution in [0.25, 0.3) is 0 Å². The number of para-hydroxylation sites is 2. The molecule has 1 saturated heterocycles. The lowest BCUT2D eigenvalue weighted by Gasteiger charge is -2.40. The third kappa shape index (κ3) is 7.11. The smallest absolute Gasteiger partial charge is 0.497 e. The van der Waals surface area contributed by atoms with Gasteiger partial charge < -0.3 is 27.5 Å². The van der Waals surface area contributed by atoms with Crippen molar-refractivity contribution < 1.29 is 18.3 Å². The zero-order valence-electron chi connectivity index (χ0n) is 30.3. The first kappa shape index (κ1) is 35.1. The maximum Gasteiger partial charge on any atom is 0.724 e. The second-order valence-corrected chi connectivity index (χ2v) is 14.9. The van der Waals surface area contributed by atoms with Gasteiger partial charge in [0, 0.05) is 72.9 Å². The van der Waals surface area contributed by atoms with E-state index in [0.717, 1.165) is 45.1 Å². The summed E-state index contributed by atoms with van der Waals surface area (Å²) in [5, 5.41) is 0. The van der Waals surface area contributed by atoms with E-state index < -0.39 is 8.88 Å². The Bertz CT molecular complexity index is 2040. The minimum atomic E-state index is -3.86. The van der Waals surface area contributed by atoms with Gasteiger partial charge in [-0.25, -0.2) is 0 Å². The van der Waals surface area contributed by atoms with Gasteiger partial charge in [-0.1, -0.05) is 97.1 Å². The predicted octanol–water partition coefficient (Wildman–Crippen LogP) is 8.56. The van der Waals surface area contributed by atoms with Crippen molar-refractivity contribution in [1.82, 2.24) is 0 Å². The minimum absolute atomic E-state index is 0.584. The fourth-order valence-corrected chi connectivity index (χ4v) is 10.2. The number of benzene rings is 6. The molecule has 0 aromatic heterocycles. The van der Waals surface area contributed by atoms with E-state index in [2.05, 4.69) is 57.7 Å². The monoisotopic (exact) mass is 718 g/mol. The van der Waals surface area contributed by atoms with E-state index in [1.165, 1.54) is 0 Å². The minimum Gasteiger partial charge on any atom is -0.497 e. The highest BCUT2D eigenvalue weighted by Crippen LogP contribution is 2.40. The molecule has 0 saturated carbocycles. The van der Waals surface area contributed by atoms with Crippen molar-refractivity contribution in [3.05, 3.63) is 180 Å². The SMILES string of the molecule is CN=C(c1ccccc1)c1ccc(OC)cc1O[Si]1(Oc2cc(OC)ccc2C(=NC)c2ccccc2)N(c2ccccc2)CCN1c1ccccc1. The fraction of sp³-hybridized carbons (Fsp3) is 0.136. The summed E-state index contributed by atoms with van der Waals surface area (Å²) in [5.41, 5.74) is 7.09. The molecular formula is C44H42N4O4Si. The Morgan fingerprint density at radius 2 is 0.849 bits per heavy atom. The van der Waals surface area contributed by atoms with Crippen molar-refractivity contribution in [2.24, 2.45) is 9.98 Å². The molecule has 9 heteroatoms. The van der Waals surface area contributed by atoms with Gasteiger partial charge in [0.25, 0.3) is 0 Å². The number of aliphatic imine (C=N–C) groups is 2. The molecule has 0 bridgehead atoms. The average molecular weight is 719 g/mol. The molecule has 1 aliphatic heterocycles. The van der Waals surface area contributed by atoms with Crippen LogP contribution >= 0.6 is 0 Å². The van der Waals surface area contributed by atoms with Crippen LogP contribution in [0.3, 0.4) is 0 Å². The quantitative estimate of drug-likeness (QED) is 0.0934. The lowest BCUT2D eigenvalue weighted by atomic mass is 10.0. The molecule has 53 heavy (non-hydrogen) atoms. The van der Waals surface area contributed by atoms with E-state index in [1.54, 1.807) is 28.3 Å². The third-order valence-corrected chi connectivity index (χ3v) is 12.6. The van der Waals surface area contributed by atoms with Gasteiger partial charge in [-0.05, 0) is 48.5 Å². The number of hydrogen-bond acceptors (Lipinski definition) is 8. The predicted molar refractivity (Wildman–Crippen MR) is 217 cm³/mol. The summed E-state index contributed by atoms with van der Waals surface area (Å²) < 4.78 is 31.5. The lowest BCUT2D eigenvalue weighted by Crippen LogP contribution is -2.69. The third-order valence-electron chi connectivity index (χ3n) is 9.28. The summed E-state index contributed by atoms with van der Waals surface area (Å²) in [6.07, 6.45) is 0. The van der Waals surface area contributed by atoms with Crippen LogP contribution in [0.2, 0.25) is 0 Å². The first-order valence-electron chi connectivity index (χ1n) is 17.5. The summed E-state index contributed by atoms with van der Waals surface area (Å²) in [6.45, 7) is 1.29. The molecule has 7 rings (SSSR count). The Hall–Kier alpha value is -6.32. The van der Waals surface area contributed by atoms with Crippen LogP contribution in [0.15, 0.2) is 168 Å². The van der Waals surface area contributed by atoms with E-state index in [-0.39, 0.29) is 0 Å². The highest BCUT2D eigenvalue weighted by molar-refractivity contribution is 6.77. The molecule has 0 amide bonds. The zero-order valence-corrected chi connectivity index (χ0v) is 31.3. The normalized spacial score (nSPS) is 14.2. The first-order valence-corrected chi connectivity index (χ1v) is 19.2. The Morgan fingerprint density at radius 3 is 1.19 bits per heavy atom. The second-order valence-electron chi connectivity index (χ2n) is 12.3. The van der Waals surface area contributed by atoms with Gasteiger partial charge in [0.2, 0.25) is 0 Å². The Morgan fingerprint density at radius 1 is 0.491 bits per heavy atom. The molecule has 266 valence electrons. The Kier molecular flexibility index (Phi) is 10.5. The van der Waals surface area contributed by atoms with Crippen molar-refractivity contribution in [1.29, 1.82) is 0 Å². The molecule has 8 nitrogen and oxygen atoms in total. The van der Waals surface area contributed by atoms with E-state index in [1.807, 2.05) is 109 Å². The number of nitrogens with zero attached hydrogens (tertiary/aromatic N) is 4. The van der Waals surface area contributed by atoms with Crippen LogP contribution in [0.5, 0.6) is 23.0 Å². The second kappa shape index (κ2) is 15.9. The summed E-state index contributed by atoms with van der Waals surface area (Å²) in [7, 11) is 3.07. The molecule has 0 spiro atoms. The number of ether oxygens (including phenoxy) is 2. The van der Waals surface area contributed by atoms with Crippen LogP contribution in [0, 0.1) is 0 Å². The molecule has 1 fully saturated rings. The van der Waals surface area contributed by atoms with Gasteiger partial charge in [0.05, 0.1) is 25.6 Å². The molecule has 1 heterocycles. The summed E-state index contributed by atoms with van der Waals surface area (Å²) >= 11 is 0.